The van der Waals surface area contributed by atoms with Crippen LogP contribution in [0.25, 0.3) is 0 Å². The minimum atomic E-state index is -3.53. The summed E-state index contributed by atoms with van der Waals surface area (Å²) in [4.78, 5) is 2.23. The lowest BCUT2D eigenvalue weighted by atomic mass is 10.1. The molecule has 1 aromatic rings. The molecule has 1 aliphatic rings. The molecule has 1 aromatic carbocycles. The Balaban J connectivity index is 2.07. The van der Waals surface area contributed by atoms with E-state index in [1.807, 2.05) is 24.3 Å². The van der Waals surface area contributed by atoms with Gasteiger partial charge in [-0.05, 0) is 25.0 Å². The monoisotopic (exact) mass is 336 g/mol. The lowest BCUT2D eigenvalue weighted by Gasteiger charge is -2.39. The van der Waals surface area contributed by atoms with E-state index in [9.17, 15) is 8.42 Å². The Bertz CT molecular complexity index is 642. The largest absolute Gasteiger partial charge is 0.370 e. The van der Waals surface area contributed by atoms with Crippen LogP contribution >= 0.6 is 0 Å². The highest BCUT2D eigenvalue weighted by atomic mass is 32.2. The fourth-order valence-electron chi connectivity index (χ4n) is 2.86. The molecular formula is C16H24N4O2S. The average molecular weight is 336 g/mol. The molecule has 7 heteroatoms. The van der Waals surface area contributed by atoms with Gasteiger partial charge in [0.05, 0.1) is 6.07 Å². The Morgan fingerprint density at radius 1 is 1.30 bits per heavy atom. The summed E-state index contributed by atoms with van der Waals surface area (Å²) in [5.41, 5.74) is 1.13. The molecule has 0 unspecified atom stereocenters. The molecule has 0 bridgehead atoms. The summed E-state index contributed by atoms with van der Waals surface area (Å²) in [6.45, 7) is 1.85. The first-order valence-corrected chi connectivity index (χ1v) is 9.22. The van der Waals surface area contributed by atoms with Gasteiger partial charge in [0.1, 0.15) is 0 Å². The Hall–Kier alpha value is -1.62. The maximum absolute atomic E-state index is 12.6. The predicted molar refractivity (Wildman–Crippen MR) is 91.2 cm³/mol. The van der Waals surface area contributed by atoms with Crippen LogP contribution in [0.1, 0.15) is 19.3 Å². The quantitative estimate of drug-likeness (QED) is 0.792. The zero-order valence-electron chi connectivity index (χ0n) is 13.7. The van der Waals surface area contributed by atoms with Crippen molar-refractivity contribution in [1.29, 1.82) is 5.26 Å². The van der Waals surface area contributed by atoms with Crippen molar-refractivity contribution in [2.24, 2.45) is 0 Å². The fourth-order valence-corrected chi connectivity index (χ4v) is 4.17. The van der Waals surface area contributed by atoms with Gasteiger partial charge in [-0.25, -0.2) is 0 Å². The number of anilines is 1. The molecule has 0 radical (unpaired) electrons. The zero-order chi connectivity index (χ0) is 16.9. The van der Waals surface area contributed by atoms with E-state index in [0.29, 0.717) is 6.54 Å². The highest BCUT2D eigenvalue weighted by Crippen LogP contribution is 2.23. The Morgan fingerprint density at radius 2 is 2.00 bits per heavy atom. The van der Waals surface area contributed by atoms with Gasteiger partial charge in [0, 0.05) is 51.9 Å². The number of rotatable bonds is 6. The first kappa shape index (κ1) is 17.7. The number of hydrogen-bond acceptors (Lipinski definition) is 4. The van der Waals surface area contributed by atoms with Gasteiger partial charge in [0.25, 0.3) is 10.2 Å². The minimum Gasteiger partial charge on any atom is -0.370 e. The molecule has 0 saturated carbocycles. The smallest absolute Gasteiger partial charge is 0.281 e. The standard InChI is InChI=1S/C16H24N4O2S/c1-18(12-7-11-17)23(21,22)19(2)16-10-6-13-20(14-16)15-8-4-3-5-9-15/h3-5,8-9,16H,6-7,10,12-14H2,1-2H3/t16-/m1/s1. The van der Waals surface area contributed by atoms with Gasteiger partial charge in [-0.3, -0.25) is 0 Å². The molecule has 1 fully saturated rings. The van der Waals surface area contributed by atoms with Crippen LogP contribution in [0.3, 0.4) is 0 Å². The maximum atomic E-state index is 12.6. The van der Waals surface area contributed by atoms with Crippen LogP contribution in [-0.2, 0) is 10.2 Å². The molecule has 6 nitrogen and oxygen atoms in total. The van der Waals surface area contributed by atoms with Crippen molar-refractivity contribution < 1.29 is 8.42 Å². The van der Waals surface area contributed by atoms with Gasteiger partial charge < -0.3 is 4.90 Å². The van der Waals surface area contributed by atoms with Crippen molar-refractivity contribution in [1.82, 2.24) is 8.61 Å². The molecule has 0 spiro atoms. The molecule has 1 atom stereocenters. The second-order valence-corrected chi connectivity index (χ2v) is 7.93. The van der Waals surface area contributed by atoms with E-state index in [-0.39, 0.29) is 19.0 Å². The number of nitriles is 1. The summed E-state index contributed by atoms with van der Waals surface area (Å²) in [5.74, 6) is 0. The number of likely N-dealkylation sites (N-methyl/N-ethyl adjacent to an activating group) is 1. The molecule has 0 aromatic heterocycles. The molecule has 1 saturated heterocycles. The molecular weight excluding hydrogens is 312 g/mol. The first-order valence-electron chi connectivity index (χ1n) is 7.83. The third-order valence-corrected chi connectivity index (χ3v) is 6.32. The van der Waals surface area contributed by atoms with Crippen molar-refractivity contribution in [2.45, 2.75) is 25.3 Å². The highest BCUT2D eigenvalue weighted by molar-refractivity contribution is 7.86. The van der Waals surface area contributed by atoms with Crippen LogP contribution in [0.5, 0.6) is 0 Å². The van der Waals surface area contributed by atoms with Crippen molar-refractivity contribution in [3.05, 3.63) is 30.3 Å². The molecule has 1 aliphatic heterocycles. The van der Waals surface area contributed by atoms with Crippen LogP contribution in [0.2, 0.25) is 0 Å². The molecule has 0 amide bonds. The van der Waals surface area contributed by atoms with E-state index in [1.54, 1.807) is 7.05 Å². The summed E-state index contributed by atoms with van der Waals surface area (Å²) >= 11 is 0. The summed E-state index contributed by atoms with van der Waals surface area (Å²) < 4.78 is 27.9. The van der Waals surface area contributed by atoms with Crippen LogP contribution in [-0.4, -0.2) is 56.8 Å². The third kappa shape index (κ3) is 4.22. The summed E-state index contributed by atoms with van der Waals surface area (Å²) in [6, 6.07) is 12.0. The fraction of sp³-hybridized carbons (Fsp3) is 0.562. The van der Waals surface area contributed by atoms with E-state index in [0.717, 1.165) is 25.1 Å². The van der Waals surface area contributed by atoms with Crippen LogP contribution in [0.4, 0.5) is 5.69 Å². The summed E-state index contributed by atoms with van der Waals surface area (Å²) in [5, 5.41) is 8.64. The Labute approximate surface area is 139 Å². The Morgan fingerprint density at radius 3 is 2.65 bits per heavy atom. The summed E-state index contributed by atoms with van der Waals surface area (Å²) in [7, 11) is -0.363. The number of hydrogen-bond donors (Lipinski definition) is 0. The maximum Gasteiger partial charge on any atom is 0.281 e. The predicted octanol–water partition coefficient (Wildman–Crippen LogP) is 1.68. The number of benzene rings is 1. The molecule has 1 heterocycles. The normalized spacial score (nSPS) is 19.1. The second-order valence-electron chi connectivity index (χ2n) is 5.83. The highest BCUT2D eigenvalue weighted by Gasteiger charge is 2.32. The first-order chi connectivity index (χ1) is 11.0. The number of nitrogens with zero attached hydrogens (tertiary/aromatic N) is 4. The number of para-hydroxylation sites is 1. The molecule has 2 rings (SSSR count). The van der Waals surface area contributed by atoms with Crippen molar-refractivity contribution in [2.75, 3.05) is 38.6 Å². The van der Waals surface area contributed by atoms with Gasteiger partial charge >= 0.3 is 0 Å². The van der Waals surface area contributed by atoms with E-state index in [1.165, 1.54) is 15.7 Å². The van der Waals surface area contributed by atoms with Gasteiger partial charge in [-0.15, -0.1) is 0 Å². The van der Waals surface area contributed by atoms with Crippen molar-refractivity contribution in [3.63, 3.8) is 0 Å². The van der Waals surface area contributed by atoms with Gasteiger partial charge in [-0.2, -0.15) is 22.3 Å². The van der Waals surface area contributed by atoms with E-state index < -0.39 is 10.2 Å². The van der Waals surface area contributed by atoms with Gasteiger partial charge in [0.2, 0.25) is 0 Å². The Kier molecular flexibility index (Phi) is 5.99. The van der Waals surface area contributed by atoms with Crippen LogP contribution in [0, 0.1) is 11.3 Å². The second kappa shape index (κ2) is 7.77. The van der Waals surface area contributed by atoms with Gasteiger partial charge in [0.15, 0.2) is 0 Å². The van der Waals surface area contributed by atoms with E-state index in [4.69, 9.17) is 5.26 Å². The molecule has 126 valence electrons. The molecule has 0 N–H and O–H groups in total. The summed E-state index contributed by atoms with van der Waals surface area (Å²) in [6.07, 6.45) is 2.01. The topological polar surface area (TPSA) is 67.6 Å². The van der Waals surface area contributed by atoms with Crippen molar-refractivity contribution in [3.8, 4) is 6.07 Å². The molecule has 0 aliphatic carbocycles. The lowest BCUT2D eigenvalue weighted by molar-refractivity contribution is 0.298. The molecule has 23 heavy (non-hydrogen) atoms. The third-order valence-electron chi connectivity index (χ3n) is 4.33. The van der Waals surface area contributed by atoms with E-state index >= 15 is 0 Å². The zero-order valence-corrected chi connectivity index (χ0v) is 14.5. The lowest BCUT2D eigenvalue weighted by Crippen LogP contribution is -2.52. The average Bonchev–Trinajstić information content (AvgIpc) is 2.59. The number of piperidine rings is 1. The SMILES string of the molecule is CN(CCC#N)S(=O)(=O)N(C)[C@@H]1CCCN(c2ccccc2)C1. The van der Waals surface area contributed by atoms with E-state index in [2.05, 4.69) is 17.0 Å². The van der Waals surface area contributed by atoms with Crippen molar-refractivity contribution >= 4 is 15.9 Å². The van der Waals surface area contributed by atoms with Crippen LogP contribution in [0.15, 0.2) is 30.3 Å². The van der Waals surface area contributed by atoms with Gasteiger partial charge in [-0.1, -0.05) is 18.2 Å². The minimum absolute atomic E-state index is 0.0570. The van der Waals surface area contributed by atoms with Crippen LogP contribution < -0.4 is 4.90 Å².